The van der Waals surface area contributed by atoms with E-state index in [-0.39, 0.29) is 11.9 Å². The minimum Gasteiger partial charge on any atom is -0.481 e. The number of fused-ring (bicyclic) bond motifs is 1. The van der Waals surface area contributed by atoms with E-state index in [1.807, 2.05) is 17.9 Å². The molecule has 0 saturated carbocycles. The van der Waals surface area contributed by atoms with E-state index in [9.17, 15) is 14.7 Å². The summed E-state index contributed by atoms with van der Waals surface area (Å²) in [5, 5.41) is 9.43. The first-order valence-corrected chi connectivity index (χ1v) is 7.89. The third-order valence-corrected chi connectivity index (χ3v) is 5.08. The molecule has 0 aliphatic carbocycles. The Morgan fingerprint density at radius 1 is 1.59 bits per heavy atom. The lowest BCUT2D eigenvalue weighted by Crippen LogP contribution is -2.40. The van der Waals surface area contributed by atoms with Crippen LogP contribution in [0.2, 0.25) is 0 Å². The van der Waals surface area contributed by atoms with E-state index in [0.717, 1.165) is 12.8 Å². The van der Waals surface area contributed by atoms with Crippen LogP contribution in [0.3, 0.4) is 0 Å². The van der Waals surface area contributed by atoms with Gasteiger partial charge in [-0.25, -0.2) is 0 Å². The van der Waals surface area contributed by atoms with Crippen LogP contribution in [-0.4, -0.2) is 46.2 Å². The number of rotatable bonds is 5. The Labute approximate surface area is 130 Å². The van der Waals surface area contributed by atoms with Crippen LogP contribution in [0, 0.1) is 11.8 Å². The summed E-state index contributed by atoms with van der Waals surface area (Å²) in [6, 6.07) is 0.0913. The molecule has 5 nitrogen and oxygen atoms in total. The topological polar surface area (TPSA) is 66.8 Å². The van der Waals surface area contributed by atoms with Crippen molar-refractivity contribution in [1.29, 1.82) is 0 Å². The van der Waals surface area contributed by atoms with Crippen LogP contribution in [0.5, 0.6) is 0 Å². The highest BCUT2D eigenvalue weighted by molar-refractivity contribution is 5.90. The fraction of sp³-hybridized carbons (Fsp3) is 0.647. The zero-order valence-corrected chi connectivity index (χ0v) is 13.3. The van der Waals surface area contributed by atoms with Crippen LogP contribution in [0.15, 0.2) is 23.8 Å². The maximum absolute atomic E-state index is 12.8. The van der Waals surface area contributed by atoms with Crippen LogP contribution in [0.25, 0.3) is 0 Å². The first-order valence-electron chi connectivity index (χ1n) is 7.89. The molecule has 0 aromatic carbocycles. The summed E-state index contributed by atoms with van der Waals surface area (Å²) in [7, 11) is 0. The van der Waals surface area contributed by atoms with Crippen molar-refractivity contribution in [2.24, 2.45) is 11.8 Å². The fourth-order valence-electron chi connectivity index (χ4n) is 3.95. The number of carboxylic acid groups (broad SMARTS) is 1. The molecule has 3 aliphatic rings. The average molecular weight is 305 g/mol. The van der Waals surface area contributed by atoms with Gasteiger partial charge in [0, 0.05) is 6.04 Å². The summed E-state index contributed by atoms with van der Waals surface area (Å²) in [5.74, 6) is -2.31. The summed E-state index contributed by atoms with van der Waals surface area (Å²) >= 11 is 0. The minimum absolute atomic E-state index is 0.0658. The second-order valence-corrected chi connectivity index (χ2v) is 6.91. The summed E-state index contributed by atoms with van der Waals surface area (Å²) in [5.41, 5.74) is 0.557. The molecular weight excluding hydrogens is 282 g/mol. The predicted molar refractivity (Wildman–Crippen MR) is 81.2 cm³/mol. The monoisotopic (exact) mass is 305 g/mol. The fourth-order valence-corrected chi connectivity index (χ4v) is 3.95. The Bertz CT molecular complexity index is 563. The third-order valence-electron chi connectivity index (χ3n) is 5.08. The van der Waals surface area contributed by atoms with E-state index < -0.39 is 29.5 Å². The van der Waals surface area contributed by atoms with Crippen molar-refractivity contribution in [3.63, 3.8) is 0 Å². The van der Waals surface area contributed by atoms with Gasteiger partial charge in [-0.2, -0.15) is 0 Å². The normalized spacial score (nSPS) is 36.6. The molecule has 0 unspecified atom stereocenters. The molecule has 5 heteroatoms. The molecule has 0 radical (unpaired) electrons. The van der Waals surface area contributed by atoms with Crippen LogP contribution >= 0.6 is 0 Å². The van der Waals surface area contributed by atoms with Crippen LogP contribution in [0.4, 0.5) is 0 Å². The molecule has 2 saturated heterocycles. The highest BCUT2D eigenvalue weighted by Crippen LogP contribution is 2.52. The lowest BCUT2D eigenvalue weighted by Gasteiger charge is -2.27. The maximum atomic E-state index is 12.8. The molecule has 120 valence electrons. The van der Waals surface area contributed by atoms with E-state index >= 15 is 0 Å². The molecule has 1 spiro atoms. The second-order valence-electron chi connectivity index (χ2n) is 6.91. The van der Waals surface area contributed by atoms with Crippen molar-refractivity contribution in [2.75, 3.05) is 6.54 Å². The van der Waals surface area contributed by atoms with Crippen molar-refractivity contribution in [3.05, 3.63) is 23.8 Å². The predicted octanol–water partition coefficient (Wildman–Crippen LogP) is 1.99. The number of likely N-dealkylation sites (tertiary alicyclic amines) is 1. The van der Waals surface area contributed by atoms with Crippen LogP contribution < -0.4 is 0 Å². The van der Waals surface area contributed by atoms with E-state index in [2.05, 4.69) is 19.9 Å². The number of ether oxygens (including phenoxy) is 1. The minimum atomic E-state index is -0.936. The van der Waals surface area contributed by atoms with Gasteiger partial charge in [-0.15, -0.1) is 0 Å². The van der Waals surface area contributed by atoms with E-state index in [4.69, 9.17) is 4.74 Å². The number of allylic oxidation sites excluding steroid dienone is 2. The molecule has 3 rings (SSSR count). The molecule has 5 atom stereocenters. The highest BCUT2D eigenvalue weighted by Gasteiger charge is 2.67. The molecule has 2 bridgehead atoms. The molecule has 22 heavy (non-hydrogen) atoms. The van der Waals surface area contributed by atoms with Crippen molar-refractivity contribution in [1.82, 2.24) is 4.90 Å². The van der Waals surface area contributed by atoms with Gasteiger partial charge in [0.15, 0.2) is 0 Å². The summed E-state index contributed by atoms with van der Waals surface area (Å²) in [4.78, 5) is 26.1. The van der Waals surface area contributed by atoms with Gasteiger partial charge in [-0.3, -0.25) is 9.59 Å². The first-order chi connectivity index (χ1) is 10.4. The van der Waals surface area contributed by atoms with Crippen molar-refractivity contribution in [3.8, 4) is 0 Å². The molecule has 2 fully saturated rings. The lowest BCUT2D eigenvalue weighted by molar-refractivity contribution is -0.148. The summed E-state index contributed by atoms with van der Waals surface area (Å²) in [6.07, 6.45) is 7.23. The van der Waals surface area contributed by atoms with Crippen LogP contribution in [-0.2, 0) is 14.3 Å². The van der Waals surface area contributed by atoms with Gasteiger partial charge in [0.1, 0.15) is 11.5 Å². The Balaban J connectivity index is 1.76. The average Bonchev–Trinajstić information content (AvgIpc) is 3.06. The maximum Gasteiger partial charge on any atom is 0.310 e. The number of hydrogen-bond acceptors (Lipinski definition) is 3. The number of amides is 1. The molecule has 1 N–H and O–H groups in total. The zero-order chi connectivity index (χ0) is 16.1. The van der Waals surface area contributed by atoms with Crippen LogP contribution in [0.1, 0.15) is 33.6 Å². The molecule has 3 heterocycles. The first kappa shape index (κ1) is 15.3. The number of carbonyl (C=O) groups is 2. The molecular formula is C17H23NO4. The summed E-state index contributed by atoms with van der Waals surface area (Å²) in [6.45, 7) is 6.62. The number of carboxylic acids is 1. The largest absolute Gasteiger partial charge is 0.481 e. The van der Waals surface area contributed by atoms with Crippen molar-refractivity contribution in [2.45, 2.75) is 51.4 Å². The Kier molecular flexibility index (Phi) is 3.63. The van der Waals surface area contributed by atoms with Gasteiger partial charge < -0.3 is 14.7 Å². The van der Waals surface area contributed by atoms with Crippen molar-refractivity contribution < 1.29 is 19.4 Å². The van der Waals surface area contributed by atoms with Gasteiger partial charge in [-0.05, 0) is 33.6 Å². The molecule has 3 aliphatic heterocycles. The molecule has 0 aromatic heterocycles. The summed E-state index contributed by atoms with van der Waals surface area (Å²) < 4.78 is 5.88. The lowest BCUT2D eigenvalue weighted by atomic mass is 9.77. The van der Waals surface area contributed by atoms with Gasteiger partial charge >= 0.3 is 5.97 Å². The Morgan fingerprint density at radius 2 is 2.32 bits per heavy atom. The van der Waals surface area contributed by atoms with E-state index in [0.29, 0.717) is 6.54 Å². The number of hydrogen-bond donors (Lipinski definition) is 1. The van der Waals surface area contributed by atoms with Gasteiger partial charge in [-0.1, -0.05) is 23.8 Å². The number of aliphatic carboxylic acids is 1. The van der Waals surface area contributed by atoms with E-state index in [1.54, 1.807) is 6.08 Å². The number of nitrogens with zero attached hydrogens (tertiary/aromatic N) is 1. The molecule has 0 aromatic rings. The van der Waals surface area contributed by atoms with Crippen molar-refractivity contribution >= 4 is 11.9 Å². The highest BCUT2D eigenvalue weighted by atomic mass is 16.5. The van der Waals surface area contributed by atoms with Gasteiger partial charge in [0.2, 0.25) is 5.91 Å². The smallest absolute Gasteiger partial charge is 0.310 e. The van der Waals surface area contributed by atoms with Gasteiger partial charge in [0.05, 0.1) is 18.6 Å². The van der Waals surface area contributed by atoms with E-state index in [1.165, 1.54) is 5.57 Å². The SMILES string of the molecule is CC(C)=CCC[C@@H](C)N1C[C@@]23C=C[C@@H](O2)[C@H](C(=O)O)[C@@H]3C1=O. The van der Waals surface area contributed by atoms with Gasteiger partial charge in [0.25, 0.3) is 0 Å². The number of carbonyl (C=O) groups excluding carboxylic acids is 1. The molecule has 1 amide bonds. The standard InChI is InChI=1S/C17H23NO4/c1-10(2)5-4-6-11(3)18-9-17-8-7-12(22-17)13(16(20)21)14(17)15(18)19/h5,7-8,11-14H,4,6,9H2,1-3H3,(H,20,21)/t11-,12-,13+,14-,17-/m1/s1. The Morgan fingerprint density at radius 3 is 2.95 bits per heavy atom. The second kappa shape index (κ2) is 5.23. The third kappa shape index (κ3) is 2.19. The zero-order valence-electron chi connectivity index (χ0n) is 13.3. The Hall–Kier alpha value is -1.62. The quantitative estimate of drug-likeness (QED) is 0.789.